The highest BCUT2D eigenvalue weighted by Gasteiger charge is 2.41. The van der Waals surface area contributed by atoms with Gasteiger partial charge in [-0.25, -0.2) is 4.39 Å². The molecular formula is C12H13FO3. The van der Waals surface area contributed by atoms with Crippen LogP contribution in [0.25, 0.3) is 0 Å². The molecule has 0 aromatic heterocycles. The lowest BCUT2D eigenvalue weighted by molar-refractivity contribution is -0.142. The van der Waals surface area contributed by atoms with Gasteiger partial charge >= 0.3 is 5.97 Å². The Labute approximate surface area is 92.5 Å². The summed E-state index contributed by atoms with van der Waals surface area (Å²) >= 11 is 0. The van der Waals surface area contributed by atoms with Gasteiger partial charge in [-0.05, 0) is 37.0 Å². The van der Waals surface area contributed by atoms with Crippen molar-refractivity contribution in [3.05, 3.63) is 35.6 Å². The maximum absolute atomic E-state index is 12.7. The minimum Gasteiger partial charge on any atom is -0.481 e. The van der Waals surface area contributed by atoms with Crippen molar-refractivity contribution >= 4 is 5.97 Å². The first kappa shape index (κ1) is 11.1. The van der Waals surface area contributed by atoms with Gasteiger partial charge in [0.15, 0.2) is 0 Å². The Bertz CT molecular complexity index is 401. The summed E-state index contributed by atoms with van der Waals surface area (Å²) in [5.41, 5.74) is -0.519. The molecule has 4 heteroatoms. The van der Waals surface area contributed by atoms with E-state index in [1.165, 1.54) is 24.3 Å². The Kier molecular flexibility index (Phi) is 2.68. The minimum atomic E-state index is -1.11. The summed E-state index contributed by atoms with van der Waals surface area (Å²) in [6, 6.07) is 5.59. The topological polar surface area (TPSA) is 57.5 Å². The normalized spacial score (nSPS) is 29.2. The van der Waals surface area contributed by atoms with Gasteiger partial charge in [-0.3, -0.25) is 4.79 Å². The molecule has 0 heterocycles. The number of carbonyl (C=O) groups is 1. The van der Waals surface area contributed by atoms with E-state index < -0.39 is 17.5 Å². The molecule has 1 aromatic carbocycles. The van der Waals surface area contributed by atoms with E-state index in [-0.39, 0.29) is 12.2 Å². The van der Waals surface area contributed by atoms with Crippen LogP contribution in [0.5, 0.6) is 0 Å². The number of rotatable bonds is 2. The summed E-state index contributed by atoms with van der Waals surface area (Å²) in [6.07, 6.45) is 1.08. The van der Waals surface area contributed by atoms with Gasteiger partial charge in [0, 0.05) is 0 Å². The van der Waals surface area contributed by atoms with E-state index in [1.807, 2.05) is 0 Å². The van der Waals surface area contributed by atoms with Crippen molar-refractivity contribution in [3.8, 4) is 0 Å². The van der Waals surface area contributed by atoms with Gasteiger partial charge in [-0.1, -0.05) is 12.1 Å². The van der Waals surface area contributed by atoms with Gasteiger partial charge in [0.2, 0.25) is 0 Å². The van der Waals surface area contributed by atoms with E-state index in [0.717, 1.165) is 0 Å². The molecule has 2 rings (SSSR count). The molecule has 1 aromatic rings. The number of hydrogen-bond acceptors (Lipinski definition) is 2. The number of carboxylic acid groups (broad SMARTS) is 1. The fraction of sp³-hybridized carbons (Fsp3) is 0.417. The lowest BCUT2D eigenvalue weighted by atomic mass is 9.91. The second-order valence-electron chi connectivity index (χ2n) is 4.32. The van der Waals surface area contributed by atoms with E-state index in [1.54, 1.807) is 0 Å². The highest BCUT2D eigenvalue weighted by Crippen LogP contribution is 2.42. The van der Waals surface area contributed by atoms with Gasteiger partial charge in [-0.15, -0.1) is 0 Å². The molecular weight excluding hydrogens is 211 g/mol. The Balaban J connectivity index is 2.21. The Hall–Kier alpha value is -1.42. The van der Waals surface area contributed by atoms with Crippen molar-refractivity contribution in [2.75, 3.05) is 0 Å². The van der Waals surface area contributed by atoms with E-state index >= 15 is 0 Å². The van der Waals surface area contributed by atoms with Crippen LogP contribution in [0.3, 0.4) is 0 Å². The molecule has 0 saturated heterocycles. The maximum Gasteiger partial charge on any atom is 0.306 e. The Morgan fingerprint density at radius 1 is 1.38 bits per heavy atom. The quantitative estimate of drug-likeness (QED) is 0.806. The number of carboxylic acids is 1. The zero-order chi connectivity index (χ0) is 11.8. The summed E-state index contributed by atoms with van der Waals surface area (Å²) in [5.74, 6) is -1.74. The van der Waals surface area contributed by atoms with Crippen molar-refractivity contribution in [3.63, 3.8) is 0 Å². The minimum absolute atomic E-state index is 0.202. The number of aliphatic carboxylic acids is 1. The fourth-order valence-electron chi connectivity index (χ4n) is 2.26. The SMILES string of the molecule is O=C(O)[C@H]1CC[C@@](O)(c2ccc(F)cc2)C1. The number of halogens is 1. The second-order valence-corrected chi connectivity index (χ2v) is 4.32. The highest BCUT2D eigenvalue weighted by atomic mass is 19.1. The van der Waals surface area contributed by atoms with E-state index in [9.17, 15) is 14.3 Å². The molecule has 86 valence electrons. The molecule has 0 bridgehead atoms. The van der Waals surface area contributed by atoms with Crippen LogP contribution >= 0.6 is 0 Å². The zero-order valence-electron chi connectivity index (χ0n) is 8.69. The molecule has 0 spiro atoms. The smallest absolute Gasteiger partial charge is 0.306 e. The van der Waals surface area contributed by atoms with E-state index in [2.05, 4.69) is 0 Å². The van der Waals surface area contributed by atoms with E-state index in [0.29, 0.717) is 18.4 Å². The van der Waals surface area contributed by atoms with Gasteiger partial charge in [-0.2, -0.15) is 0 Å². The molecule has 0 radical (unpaired) electrons. The monoisotopic (exact) mass is 224 g/mol. The van der Waals surface area contributed by atoms with Crippen LogP contribution in [-0.2, 0) is 10.4 Å². The average molecular weight is 224 g/mol. The molecule has 0 unspecified atom stereocenters. The third kappa shape index (κ3) is 1.93. The maximum atomic E-state index is 12.7. The van der Waals surface area contributed by atoms with Crippen molar-refractivity contribution in [2.45, 2.75) is 24.9 Å². The van der Waals surface area contributed by atoms with E-state index in [4.69, 9.17) is 5.11 Å². The summed E-state index contributed by atoms with van der Waals surface area (Å²) < 4.78 is 12.7. The third-order valence-electron chi connectivity index (χ3n) is 3.22. The molecule has 16 heavy (non-hydrogen) atoms. The first-order chi connectivity index (χ1) is 7.51. The van der Waals surface area contributed by atoms with Crippen LogP contribution in [0.4, 0.5) is 4.39 Å². The lowest BCUT2D eigenvalue weighted by Gasteiger charge is -2.22. The molecule has 1 aliphatic carbocycles. The van der Waals surface area contributed by atoms with Crippen LogP contribution in [-0.4, -0.2) is 16.2 Å². The second kappa shape index (κ2) is 3.87. The van der Waals surface area contributed by atoms with Crippen LogP contribution in [0, 0.1) is 11.7 Å². The van der Waals surface area contributed by atoms with Crippen LogP contribution < -0.4 is 0 Å². The first-order valence-corrected chi connectivity index (χ1v) is 5.22. The largest absolute Gasteiger partial charge is 0.481 e. The van der Waals surface area contributed by atoms with Crippen molar-refractivity contribution in [2.24, 2.45) is 5.92 Å². The third-order valence-corrected chi connectivity index (χ3v) is 3.22. The van der Waals surface area contributed by atoms with Gasteiger partial charge in [0.05, 0.1) is 11.5 Å². The highest BCUT2D eigenvalue weighted by molar-refractivity contribution is 5.70. The number of aliphatic hydroxyl groups is 1. The molecule has 2 N–H and O–H groups in total. The van der Waals surface area contributed by atoms with Crippen molar-refractivity contribution < 1.29 is 19.4 Å². The molecule has 0 aliphatic heterocycles. The summed E-state index contributed by atoms with van der Waals surface area (Å²) in [7, 11) is 0. The zero-order valence-corrected chi connectivity index (χ0v) is 8.69. The number of benzene rings is 1. The van der Waals surface area contributed by atoms with Crippen LogP contribution in [0.1, 0.15) is 24.8 Å². The van der Waals surface area contributed by atoms with Crippen LogP contribution in [0.2, 0.25) is 0 Å². The first-order valence-electron chi connectivity index (χ1n) is 5.22. The van der Waals surface area contributed by atoms with Gasteiger partial charge in [0.25, 0.3) is 0 Å². The summed E-state index contributed by atoms with van der Waals surface area (Å²) in [5, 5.41) is 19.2. The molecule has 1 saturated carbocycles. The number of hydrogen-bond donors (Lipinski definition) is 2. The Morgan fingerprint density at radius 3 is 2.50 bits per heavy atom. The molecule has 1 aliphatic rings. The summed E-state index contributed by atoms with van der Waals surface area (Å²) in [4.78, 5) is 10.8. The summed E-state index contributed by atoms with van der Waals surface area (Å²) in [6.45, 7) is 0. The molecule has 1 fully saturated rings. The van der Waals surface area contributed by atoms with Crippen LogP contribution in [0.15, 0.2) is 24.3 Å². The average Bonchev–Trinajstić information content (AvgIpc) is 2.63. The fourth-order valence-corrected chi connectivity index (χ4v) is 2.26. The molecule has 0 amide bonds. The molecule has 3 nitrogen and oxygen atoms in total. The predicted molar refractivity (Wildman–Crippen MR) is 55.3 cm³/mol. The molecule has 2 atom stereocenters. The lowest BCUT2D eigenvalue weighted by Crippen LogP contribution is -2.23. The standard InChI is InChI=1S/C12H13FO3/c13-10-3-1-9(2-4-10)12(16)6-5-8(7-12)11(14)15/h1-4,8,16H,5-7H2,(H,14,15)/t8-,12-/m0/s1. The van der Waals surface area contributed by atoms with Crippen molar-refractivity contribution in [1.82, 2.24) is 0 Å². The van der Waals surface area contributed by atoms with Gasteiger partial charge in [0.1, 0.15) is 5.82 Å². The Morgan fingerprint density at radius 2 is 2.00 bits per heavy atom. The van der Waals surface area contributed by atoms with Crippen molar-refractivity contribution in [1.29, 1.82) is 0 Å². The van der Waals surface area contributed by atoms with Gasteiger partial charge < -0.3 is 10.2 Å². The predicted octanol–water partition coefficient (Wildman–Crippen LogP) is 1.90.